The maximum atomic E-state index is 12.5. The van der Waals surface area contributed by atoms with Gasteiger partial charge >= 0.3 is 0 Å². The molecule has 0 atom stereocenters. The highest BCUT2D eigenvalue weighted by Crippen LogP contribution is 2.22. The first kappa shape index (κ1) is 16.3. The zero-order valence-corrected chi connectivity index (χ0v) is 13.3. The SMILES string of the molecule is COCCOc1ccc(S(=O)(=O)N(C)c2ccccn2)cc1. The predicted octanol–water partition coefficient (Wildman–Crippen LogP) is 1.93. The van der Waals surface area contributed by atoms with Crippen LogP contribution in [0.15, 0.2) is 53.6 Å². The molecule has 1 heterocycles. The molecular weight excluding hydrogens is 304 g/mol. The fourth-order valence-corrected chi connectivity index (χ4v) is 2.92. The van der Waals surface area contributed by atoms with E-state index in [9.17, 15) is 8.42 Å². The second kappa shape index (κ2) is 7.24. The van der Waals surface area contributed by atoms with E-state index >= 15 is 0 Å². The van der Waals surface area contributed by atoms with Gasteiger partial charge in [0, 0.05) is 20.4 Å². The highest BCUT2D eigenvalue weighted by molar-refractivity contribution is 7.92. The van der Waals surface area contributed by atoms with Gasteiger partial charge in [0.05, 0.1) is 11.5 Å². The number of benzene rings is 1. The molecular formula is C15H18N2O4S. The number of hydrogen-bond donors (Lipinski definition) is 0. The lowest BCUT2D eigenvalue weighted by Gasteiger charge is -2.18. The van der Waals surface area contributed by atoms with Crippen molar-refractivity contribution in [3.05, 3.63) is 48.7 Å². The number of sulfonamides is 1. The Morgan fingerprint density at radius 2 is 1.82 bits per heavy atom. The standard InChI is InChI=1S/C15H18N2O4S/c1-17(15-5-3-4-10-16-15)22(18,19)14-8-6-13(7-9-14)21-12-11-20-2/h3-10H,11-12H2,1-2H3. The molecule has 7 heteroatoms. The Bertz CT molecular complexity index is 687. The summed E-state index contributed by atoms with van der Waals surface area (Å²) >= 11 is 0. The van der Waals surface area contributed by atoms with Gasteiger partial charge in [0.25, 0.3) is 10.0 Å². The second-order valence-corrected chi connectivity index (χ2v) is 6.44. The molecule has 1 aromatic heterocycles. The Kier molecular flexibility index (Phi) is 5.35. The number of methoxy groups -OCH3 is 1. The van der Waals surface area contributed by atoms with Crippen LogP contribution >= 0.6 is 0 Å². The Morgan fingerprint density at radius 3 is 2.41 bits per heavy atom. The molecule has 0 radical (unpaired) electrons. The maximum Gasteiger partial charge on any atom is 0.265 e. The minimum atomic E-state index is -3.64. The van der Waals surface area contributed by atoms with Gasteiger partial charge in [-0.15, -0.1) is 0 Å². The summed E-state index contributed by atoms with van der Waals surface area (Å²) in [6.07, 6.45) is 1.55. The van der Waals surface area contributed by atoms with E-state index in [-0.39, 0.29) is 4.90 Å². The summed E-state index contributed by atoms with van der Waals surface area (Å²) < 4.78 is 36.5. The van der Waals surface area contributed by atoms with Crippen molar-refractivity contribution in [2.45, 2.75) is 4.90 Å². The van der Waals surface area contributed by atoms with Crippen LogP contribution < -0.4 is 9.04 Å². The number of pyridine rings is 1. The summed E-state index contributed by atoms with van der Waals surface area (Å²) in [5.41, 5.74) is 0. The summed E-state index contributed by atoms with van der Waals surface area (Å²) in [4.78, 5) is 4.23. The van der Waals surface area contributed by atoms with E-state index in [1.54, 1.807) is 43.6 Å². The number of hydrogen-bond acceptors (Lipinski definition) is 5. The average Bonchev–Trinajstić information content (AvgIpc) is 2.55. The quantitative estimate of drug-likeness (QED) is 0.729. The second-order valence-electron chi connectivity index (χ2n) is 4.47. The molecule has 0 spiro atoms. The molecule has 0 N–H and O–H groups in total. The molecule has 0 aliphatic heterocycles. The Morgan fingerprint density at radius 1 is 1.09 bits per heavy atom. The van der Waals surface area contributed by atoms with Crippen molar-refractivity contribution in [1.29, 1.82) is 0 Å². The highest BCUT2D eigenvalue weighted by atomic mass is 32.2. The lowest BCUT2D eigenvalue weighted by Crippen LogP contribution is -2.27. The normalized spacial score (nSPS) is 11.2. The van der Waals surface area contributed by atoms with Gasteiger partial charge in [-0.2, -0.15) is 0 Å². The van der Waals surface area contributed by atoms with Crippen LogP contribution in [0, 0.1) is 0 Å². The molecule has 0 bridgehead atoms. The molecule has 0 aliphatic carbocycles. The van der Waals surface area contributed by atoms with Crippen LogP contribution in [-0.2, 0) is 14.8 Å². The maximum absolute atomic E-state index is 12.5. The van der Waals surface area contributed by atoms with Gasteiger partial charge in [-0.05, 0) is 36.4 Å². The van der Waals surface area contributed by atoms with Crippen molar-refractivity contribution in [3.63, 3.8) is 0 Å². The average molecular weight is 322 g/mol. The van der Waals surface area contributed by atoms with E-state index in [0.717, 1.165) is 4.31 Å². The van der Waals surface area contributed by atoms with Crippen molar-refractivity contribution < 1.29 is 17.9 Å². The van der Waals surface area contributed by atoms with Crippen LogP contribution in [0.1, 0.15) is 0 Å². The van der Waals surface area contributed by atoms with Gasteiger partial charge in [-0.3, -0.25) is 4.31 Å². The fourth-order valence-electron chi connectivity index (χ4n) is 1.77. The molecule has 22 heavy (non-hydrogen) atoms. The zero-order valence-electron chi connectivity index (χ0n) is 12.5. The molecule has 2 rings (SSSR count). The molecule has 2 aromatic rings. The third-order valence-corrected chi connectivity index (χ3v) is 4.79. The lowest BCUT2D eigenvalue weighted by atomic mass is 10.3. The summed E-state index contributed by atoms with van der Waals surface area (Å²) in [7, 11) is -0.581. The van der Waals surface area contributed by atoms with E-state index in [0.29, 0.717) is 24.8 Å². The largest absolute Gasteiger partial charge is 0.491 e. The molecule has 0 saturated carbocycles. The van der Waals surface area contributed by atoms with Crippen LogP contribution in [0.4, 0.5) is 5.82 Å². The third kappa shape index (κ3) is 3.75. The number of rotatable bonds is 7. The smallest absolute Gasteiger partial charge is 0.265 e. The van der Waals surface area contributed by atoms with Gasteiger partial charge in [0.1, 0.15) is 18.2 Å². The van der Waals surface area contributed by atoms with E-state index in [2.05, 4.69) is 4.98 Å². The number of nitrogens with zero attached hydrogens (tertiary/aromatic N) is 2. The van der Waals surface area contributed by atoms with E-state index in [1.165, 1.54) is 19.2 Å². The van der Waals surface area contributed by atoms with Crippen molar-refractivity contribution in [3.8, 4) is 5.75 Å². The Hall–Kier alpha value is -2.12. The molecule has 0 amide bonds. The van der Waals surface area contributed by atoms with Crippen molar-refractivity contribution in [2.24, 2.45) is 0 Å². The Labute approximate surface area is 130 Å². The summed E-state index contributed by atoms with van der Waals surface area (Å²) in [5.74, 6) is 0.958. The Balaban J connectivity index is 2.16. The molecule has 118 valence electrons. The number of ether oxygens (including phenoxy) is 2. The molecule has 0 aliphatic rings. The van der Waals surface area contributed by atoms with E-state index < -0.39 is 10.0 Å². The molecule has 0 saturated heterocycles. The summed E-state index contributed by atoms with van der Waals surface area (Å²) in [5, 5.41) is 0. The number of anilines is 1. The fraction of sp³-hybridized carbons (Fsp3) is 0.267. The first-order chi connectivity index (χ1) is 10.6. The van der Waals surface area contributed by atoms with Gasteiger partial charge in [-0.1, -0.05) is 6.07 Å². The lowest BCUT2D eigenvalue weighted by molar-refractivity contribution is 0.146. The first-order valence-corrected chi connectivity index (χ1v) is 8.11. The molecule has 0 unspecified atom stereocenters. The van der Waals surface area contributed by atoms with Crippen molar-refractivity contribution in [1.82, 2.24) is 4.98 Å². The van der Waals surface area contributed by atoms with E-state index in [1.807, 2.05) is 0 Å². The van der Waals surface area contributed by atoms with Crippen molar-refractivity contribution in [2.75, 3.05) is 31.7 Å². The summed E-state index contributed by atoms with van der Waals surface area (Å²) in [6.45, 7) is 0.888. The van der Waals surface area contributed by atoms with E-state index in [4.69, 9.17) is 9.47 Å². The zero-order chi connectivity index (χ0) is 16.0. The van der Waals surface area contributed by atoms with Crippen LogP contribution in [0.3, 0.4) is 0 Å². The van der Waals surface area contributed by atoms with Gasteiger partial charge < -0.3 is 9.47 Å². The predicted molar refractivity (Wildman–Crippen MR) is 83.6 cm³/mol. The van der Waals surface area contributed by atoms with Gasteiger partial charge in [0.15, 0.2) is 0 Å². The minimum Gasteiger partial charge on any atom is -0.491 e. The monoisotopic (exact) mass is 322 g/mol. The molecule has 0 fully saturated rings. The topological polar surface area (TPSA) is 68.7 Å². The van der Waals surface area contributed by atoms with Crippen molar-refractivity contribution >= 4 is 15.8 Å². The minimum absolute atomic E-state index is 0.180. The molecule has 6 nitrogen and oxygen atoms in total. The van der Waals surface area contributed by atoms with Crippen LogP contribution in [0.2, 0.25) is 0 Å². The number of aromatic nitrogens is 1. The van der Waals surface area contributed by atoms with Gasteiger partial charge in [0.2, 0.25) is 0 Å². The van der Waals surface area contributed by atoms with Gasteiger partial charge in [-0.25, -0.2) is 13.4 Å². The summed E-state index contributed by atoms with van der Waals surface area (Å²) in [6, 6.07) is 11.4. The molecule has 1 aromatic carbocycles. The third-order valence-electron chi connectivity index (χ3n) is 3.01. The van der Waals surface area contributed by atoms with Crippen LogP contribution in [0.5, 0.6) is 5.75 Å². The van der Waals surface area contributed by atoms with Crippen LogP contribution in [-0.4, -0.2) is 40.8 Å². The highest BCUT2D eigenvalue weighted by Gasteiger charge is 2.21. The first-order valence-electron chi connectivity index (χ1n) is 6.67. The van der Waals surface area contributed by atoms with Crippen LogP contribution in [0.25, 0.3) is 0 Å².